The predicted molar refractivity (Wildman–Crippen MR) is 284 cm³/mol. The van der Waals surface area contributed by atoms with E-state index in [1.807, 2.05) is 0 Å². The maximum atomic E-state index is 15.6. The van der Waals surface area contributed by atoms with Crippen molar-refractivity contribution in [3.05, 3.63) is 110 Å². The lowest BCUT2D eigenvalue weighted by Gasteiger charge is -2.31. The number of ketones is 2. The van der Waals surface area contributed by atoms with Crippen LogP contribution in [0, 0.1) is 12.7 Å². The highest BCUT2D eigenvalue weighted by Gasteiger charge is 2.46. The number of aromatic nitrogens is 2. The van der Waals surface area contributed by atoms with Crippen molar-refractivity contribution in [1.82, 2.24) is 35.7 Å². The summed E-state index contributed by atoms with van der Waals surface area (Å²) in [5.41, 5.74) is 0.866. The van der Waals surface area contributed by atoms with E-state index in [0.717, 1.165) is 10.5 Å². The molecule has 2 aromatic heterocycles. The molecular formula is C58H66FN7O13. The number of unbranched alkanes of at least 4 members (excludes halogenated alkanes) is 2. The first-order chi connectivity index (χ1) is 37.6. The minimum absolute atomic E-state index is 0.0130. The molecule has 3 aliphatic heterocycles. The first-order valence-electron chi connectivity index (χ1n) is 26.8. The Labute approximate surface area is 455 Å². The van der Waals surface area contributed by atoms with E-state index in [2.05, 4.69) is 21.3 Å². The molecule has 79 heavy (non-hydrogen) atoms. The van der Waals surface area contributed by atoms with Gasteiger partial charge < -0.3 is 40.4 Å². The Kier molecular flexibility index (Phi) is 17.5. The van der Waals surface area contributed by atoms with Crippen molar-refractivity contribution in [2.45, 2.75) is 154 Å². The summed E-state index contributed by atoms with van der Waals surface area (Å²) in [4.78, 5) is 137. The molecule has 1 aliphatic carbocycles. The van der Waals surface area contributed by atoms with Gasteiger partial charge in [0.2, 0.25) is 23.6 Å². The van der Waals surface area contributed by atoms with E-state index >= 15 is 4.39 Å². The number of esters is 1. The molecule has 0 saturated heterocycles. The summed E-state index contributed by atoms with van der Waals surface area (Å²) in [5.74, 6) is -5.21. The second kappa shape index (κ2) is 24.1. The molecule has 8 rings (SSSR count). The SMILES string of the molecule is CC[C@@]1(O)C(=O)OCc2c1cc1n(c2=O)Cc2c-1nc1cc(F)c(C)c3c1c2[C@@H](NC(=O)[C@H](COC(C)(C)C)NC(=O)CCC(=O)[C@H](Cc1ccccc1)NC(=O)CCC(=O)CNC(=O)CCCCCN1C(=O)C=CC1=O)CC3. The standard InChI is InChI=1S/C58H66FN7O13/c1-6-58(77)38-26-44-53-36(29-66(44)55(75)37(38)30-78-56(58)76)52-40(18-17-35-32(2)39(59)27-42(63-53)51(35)52)64-54(74)43(31-79-57(3,4)5)62-48(71)21-19-45(68)41(25-33-13-9-7-10-14-33)61-47(70)20-16-34(67)28-60-46(69)15-11-8-12-24-65-49(72)22-23-50(65)73/h7,9-10,13-14,22-23,26-27,40-41,43,77H,6,8,11-12,15-21,24-25,28-31H2,1-5H3,(H,60,69)(H,61,70)(H,62,71)(H,64,74)/t40-,41-,43-,58-/m0/s1. The Balaban J connectivity index is 0.913. The van der Waals surface area contributed by atoms with Crippen molar-refractivity contribution in [2.75, 3.05) is 19.7 Å². The van der Waals surface area contributed by atoms with Crippen molar-refractivity contribution in [3.63, 3.8) is 0 Å². The van der Waals surface area contributed by atoms with Gasteiger partial charge in [-0.1, -0.05) is 43.7 Å². The molecule has 0 unspecified atom stereocenters. The van der Waals surface area contributed by atoms with Gasteiger partial charge in [-0.05, 0) is 94.5 Å². The van der Waals surface area contributed by atoms with Gasteiger partial charge in [-0.3, -0.25) is 48.1 Å². The number of nitrogens with one attached hydrogen (secondary N) is 4. The molecule has 4 atom stereocenters. The number of carbonyl (C=O) groups is 9. The molecule has 20 nitrogen and oxygen atoms in total. The molecule has 0 radical (unpaired) electrons. The molecule has 418 valence electrons. The number of ether oxygens (including phenoxy) is 2. The van der Waals surface area contributed by atoms with Crippen molar-refractivity contribution < 1.29 is 62.1 Å². The number of fused-ring (bicyclic) bond motifs is 5. The summed E-state index contributed by atoms with van der Waals surface area (Å²) < 4.78 is 28.4. The average Bonchev–Trinajstić information content (AvgIpc) is 4.07. The number of halogens is 1. The lowest BCUT2D eigenvalue weighted by Crippen LogP contribution is -2.51. The molecule has 6 amide bonds. The fourth-order valence-corrected chi connectivity index (χ4v) is 10.5. The number of carbonyl (C=O) groups excluding carboxylic acids is 9. The maximum Gasteiger partial charge on any atom is 0.343 e. The first kappa shape index (κ1) is 57.4. The quantitative estimate of drug-likeness (QED) is 0.0333. The fourth-order valence-electron chi connectivity index (χ4n) is 10.5. The van der Waals surface area contributed by atoms with Gasteiger partial charge in [0.05, 0.1) is 59.8 Å². The zero-order valence-corrected chi connectivity index (χ0v) is 45.0. The third-order valence-electron chi connectivity index (χ3n) is 14.9. The third kappa shape index (κ3) is 12.9. The number of aliphatic hydroxyl groups is 1. The van der Waals surface area contributed by atoms with Gasteiger partial charge in [-0.15, -0.1) is 0 Å². The number of nitrogens with zero attached hydrogens (tertiary/aromatic N) is 3. The van der Waals surface area contributed by atoms with E-state index in [9.17, 15) is 53.1 Å². The molecule has 0 spiro atoms. The van der Waals surface area contributed by atoms with Gasteiger partial charge in [-0.2, -0.15) is 0 Å². The lowest BCUT2D eigenvalue weighted by atomic mass is 9.81. The first-order valence-corrected chi connectivity index (χ1v) is 26.8. The highest BCUT2D eigenvalue weighted by atomic mass is 19.1. The normalized spacial score (nSPS) is 17.8. The van der Waals surface area contributed by atoms with E-state index in [1.54, 1.807) is 71.0 Å². The van der Waals surface area contributed by atoms with Crippen molar-refractivity contribution >= 4 is 63.9 Å². The number of amides is 6. The van der Waals surface area contributed by atoms with E-state index < -0.39 is 76.0 Å². The topological polar surface area (TPSA) is 279 Å². The zero-order valence-electron chi connectivity index (χ0n) is 45.0. The van der Waals surface area contributed by atoms with Gasteiger partial charge in [0.25, 0.3) is 17.4 Å². The molecule has 4 aliphatic rings. The van der Waals surface area contributed by atoms with Crippen LogP contribution in [0.4, 0.5) is 4.39 Å². The fraction of sp³-hybridized carbons (Fsp3) is 0.466. The van der Waals surface area contributed by atoms with Crippen molar-refractivity contribution in [2.24, 2.45) is 0 Å². The molecular weight excluding hydrogens is 1020 g/mol. The number of benzene rings is 2. The molecule has 0 bridgehead atoms. The van der Waals surface area contributed by atoms with E-state index in [0.29, 0.717) is 71.1 Å². The minimum atomic E-state index is -2.08. The summed E-state index contributed by atoms with van der Waals surface area (Å²) in [6, 6.07) is 8.69. The van der Waals surface area contributed by atoms with Crippen LogP contribution < -0.4 is 26.8 Å². The summed E-state index contributed by atoms with van der Waals surface area (Å²) in [5, 5.41) is 23.2. The third-order valence-corrected chi connectivity index (χ3v) is 14.9. The lowest BCUT2D eigenvalue weighted by molar-refractivity contribution is -0.172. The monoisotopic (exact) mass is 1090 g/mol. The second-order valence-corrected chi connectivity index (χ2v) is 21.5. The summed E-state index contributed by atoms with van der Waals surface area (Å²) in [6.07, 6.45) is 3.63. The number of pyridine rings is 2. The Hall–Kier alpha value is -7.78. The Morgan fingerprint density at radius 1 is 0.873 bits per heavy atom. The van der Waals surface area contributed by atoms with Crippen LogP contribution in [0.3, 0.4) is 0 Å². The molecule has 0 fully saturated rings. The molecule has 0 saturated carbocycles. The smallest absolute Gasteiger partial charge is 0.343 e. The number of Topliss-reactive ketones (excluding diaryl/α,β-unsaturated/α-hetero) is 2. The highest BCUT2D eigenvalue weighted by molar-refractivity contribution is 6.12. The van der Waals surface area contributed by atoms with Crippen LogP contribution in [0.2, 0.25) is 0 Å². The molecule has 21 heteroatoms. The average molecular weight is 1090 g/mol. The second-order valence-electron chi connectivity index (χ2n) is 21.5. The van der Waals surface area contributed by atoms with Gasteiger partial charge in [-0.25, -0.2) is 14.2 Å². The van der Waals surface area contributed by atoms with Crippen LogP contribution in [0.15, 0.2) is 59.4 Å². The molecule has 5 heterocycles. The number of hydrogen-bond acceptors (Lipinski definition) is 14. The van der Waals surface area contributed by atoms with Crippen molar-refractivity contribution in [3.8, 4) is 11.4 Å². The Morgan fingerprint density at radius 2 is 1.57 bits per heavy atom. The number of imide groups is 1. The number of aryl methyl sites for hydroxylation is 1. The van der Waals surface area contributed by atoms with Crippen LogP contribution in [-0.2, 0) is 84.2 Å². The summed E-state index contributed by atoms with van der Waals surface area (Å²) in [7, 11) is 0. The van der Waals surface area contributed by atoms with Gasteiger partial charge in [0.1, 0.15) is 18.5 Å². The number of cyclic esters (lactones) is 1. The Morgan fingerprint density at radius 3 is 2.27 bits per heavy atom. The molecule has 2 aromatic carbocycles. The van der Waals surface area contributed by atoms with E-state index in [-0.39, 0.29) is 112 Å². The highest BCUT2D eigenvalue weighted by Crippen LogP contribution is 2.46. The van der Waals surface area contributed by atoms with Crippen LogP contribution in [0.5, 0.6) is 0 Å². The minimum Gasteiger partial charge on any atom is -0.458 e. The number of hydrogen-bond donors (Lipinski definition) is 5. The molecule has 4 aromatic rings. The Bertz CT molecular complexity index is 3220. The predicted octanol–water partition coefficient (Wildman–Crippen LogP) is 3.96. The van der Waals surface area contributed by atoms with Crippen LogP contribution in [0.25, 0.3) is 22.3 Å². The number of rotatable bonds is 24. The van der Waals surface area contributed by atoms with Gasteiger partial charge >= 0.3 is 5.97 Å². The summed E-state index contributed by atoms with van der Waals surface area (Å²) >= 11 is 0. The van der Waals surface area contributed by atoms with E-state index in [1.165, 1.54) is 22.8 Å². The van der Waals surface area contributed by atoms with Gasteiger partial charge in [0, 0.05) is 73.4 Å². The maximum absolute atomic E-state index is 15.6. The largest absolute Gasteiger partial charge is 0.458 e. The van der Waals surface area contributed by atoms with Gasteiger partial charge in [0.15, 0.2) is 17.2 Å². The van der Waals surface area contributed by atoms with Crippen LogP contribution >= 0.6 is 0 Å². The zero-order chi connectivity index (χ0) is 56.9. The van der Waals surface area contributed by atoms with Crippen molar-refractivity contribution in [1.29, 1.82) is 0 Å². The van der Waals surface area contributed by atoms with E-state index in [4.69, 9.17) is 14.5 Å². The van der Waals surface area contributed by atoms with Crippen LogP contribution in [-0.4, -0.2) is 110 Å². The molecule has 5 N–H and O–H groups in total. The van der Waals surface area contributed by atoms with Crippen LogP contribution in [0.1, 0.15) is 137 Å². The summed E-state index contributed by atoms with van der Waals surface area (Å²) in [6.45, 7) is 7.99.